The summed E-state index contributed by atoms with van der Waals surface area (Å²) in [5.74, 6) is 0.591. The van der Waals surface area contributed by atoms with Crippen LogP contribution in [0.25, 0.3) is 93.5 Å². The minimum atomic E-state index is 0.591. The predicted molar refractivity (Wildman–Crippen MR) is 246 cm³/mol. The predicted octanol–water partition coefficient (Wildman–Crippen LogP) is 15.2. The van der Waals surface area contributed by atoms with E-state index in [1.807, 2.05) is 0 Å². The van der Waals surface area contributed by atoms with Gasteiger partial charge in [-0.3, -0.25) is 0 Å². The second-order valence-corrected chi connectivity index (χ2v) is 15.1. The van der Waals surface area contributed by atoms with Crippen LogP contribution in [0.5, 0.6) is 0 Å². The van der Waals surface area contributed by atoms with Crippen LogP contribution in [-0.4, -0.2) is 9.55 Å². The molecule has 0 amide bonds. The van der Waals surface area contributed by atoms with Crippen LogP contribution in [0.3, 0.4) is 0 Å². The van der Waals surface area contributed by atoms with Crippen LogP contribution in [-0.2, 0) is 0 Å². The van der Waals surface area contributed by atoms with E-state index in [9.17, 15) is 0 Å². The Kier molecular flexibility index (Phi) is 7.50. The molecule has 0 saturated carbocycles. The van der Waals surface area contributed by atoms with E-state index in [-0.39, 0.29) is 0 Å². The zero-order valence-corrected chi connectivity index (χ0v) is 32.0. The topological polar surface area (TPSA) is 34.2 Å². The fourth-order valence-corrected chi connectivity index (χ4v) is 9.13. The van der Waals surface area contributed by atoms with Crippen LogP contribution >= 0.6 is 0 Å². The molecule has 2 aromatic heterocycles. The average Bonchev–Trinajstić information content (AvgIpc) is 3.90. The van der Waals surface area contributed by atoms with Crippen molar-refractivity contribution in [1.29, 1.82) is 0 Å². The molecule has 0 aliphatic rings. The summed E-state index contributed by atoms with van der Waals surface area (Å²) in [7, 11) is 0. The largest absolute Gasteiger partial charge is 0.434 e. The van der Waals surface area contributed by atoms with E-state index in [0.29, 0.717) is 5.89 Å². The molecular weight excluding hydrogens is 719 g/mol. The summed E-state index contributed by atoms with van der Waals surface area (Å²) in [4.78, 5) is 7.54. The number of anilines is 3. The Labute approximate surface area is 340 Å². The molecule has 4 heteroatoms. The van der Waals surface area contributed by atoms with Crippen LogP contribution in [0.1, 0.15) is 0 Å². The Morgan fingerprint density at radius 2 is 1.07 bits per heavy atom. The number of para-hydroxylation sites is 3. The molecule has 0 spiro atoms. The molecule has 0 N–H and O–H groups in total. The Morgan fingerprint density at radius 3 is 1.88 bits per heavy atom. The number of hydrogen-bond donors (Lipinski definition) is 0. The molecule has 4 nitrogen and oxygen atoms in total. The van der Waals surface area contributed by atoms with Crippen molar-refractivity contribution in [2.45, 2.75) is 0 Å². The van der Waals surface area contributed by atoms with Crippen LogP contribution in [0, 0.1) is 0 Å². The van der Waals surface area contributed by atoms with Gasteiger partial charge in [0.05, 0.1) is 28.1 Å². The van der Waals surface area contributed by atoms with Gasteiger partial charge in [-0.1, -0.05) is 158 Å². The number of aromatic nitrogens is 2. The van der Waals surface area contributed by atoms with E-state index < -0.39 is 0 Å². The van der Waals surface area contributed by atoms with E-state index in [4.69, 9.17) is 9.40 Å². The zero-order chi connectivity index (χ0) is 38.9. The normalized spacial score (nSPS) is 11.7. The average molecular weight is 754 g/mol. The number of hydrogen-bond acceptors (Lipinski definition) is 3. The van der Waals surface area contributed by atoms with E-state index >= 15 is 0 Å². The van der Waals surface area contributed by atoms with Crippen LogP contribution in [0.2, 0.25) is 0 Å². The van der Waals surface area contributed by atoms with E-state index in [0.717, 1.165) is 66.5 Å². The number of fused-ring (bicyclic) bond motifs is 8. The minimum absolute atomic E-state index is 0.591. The molecule has 0 saturated heterocycles. The molecule has 0 unspecified atom stereocenters. The van der Waals surface area contributed by atoms with Crippen molar-refractivity contribution < 1.29 is 4.42 Å². The van der Waals surface area contributed by atoms with Gasteiger partial charge in [-0.05, 0) is 81.9 Å². The Hall–Kier alpha value is -7.95. The fraction of sp³-hybridized carbons (Fsp3) is 0. The summed E-state index contributed by atoms with van der Waals surface area (Å²) < 4.78 is 9.35. The third-order valence-corrected chi connectivity index (χ3v) is 11.8. The van der Waals surface area contributed by atoms with Gasteiger partial charge in [0.15, 0.2) is 5.58 Å². The third kappa shape index (κ3) is 5.27. The number of oxazole rings is 1. The van der Waals surface area contributed by atoms with Gasteiger partial charge in [0.25, 0.3) is 0 Å². The molecule has 0 radical (unpaired) electrons. The van der Waals surface area contributed by atoms with Crippen LogP contribution in [0.4, 0.5) is 17.1 Å². The highest BCUT2D eigenvalue weighted by molar-refractivity contribution is 6.23. The fourth-order valence-electron chi connectivity index (χ4n) is 9.13. The summed E-state index contributed by atoms with van der Waals surface area (Å²) in [5.41, 5.74) is 11.3. The molecule has 12 aromatic rings. The molecule has 0 atom stereocenters. The molecular formula is C55H35N3O. The van der Waals surface area contributed by atoms with Crippen molar-refractivity contribution in [2.75, 3.05) is 4.90 Å². The smallest absolute Gasteiger partial charge is 0.227 e. The van der Waals surface area contributed by atoms with Gasteiger partial charge in [-0.2, -0.15) is 0 Å². The molecule has 276 valence electrons. The van der Waals surface area contributed by atoms with Crippen LogP contribution in [0.15, 0.2) is 217 Å². The Morgan fingerprint density at radius 1 is 0.407 bits per heavy atom. The van der Waals surface area contributed by atoms with Crippen LogP contribution < -0.4 is 4.90 Å². The van der Waals surface area contributed by atoms with Crippen molar-refractivity contribution in [2.24, 2.45) is 0 Å². The SMILES string of the molecule is c1ccc(-c2ccc(N(c3cc4c5ccccc5n(-c5ccccc5)c4c4ccccc34)c3cccc4nc(-c5ccc6ccccc6c5)oc34)c3ccccc23)cc1. The van der Waals surface area contributed by atoms with Crippen molar-refractivity contribution in [3.8, 4) is 28.3 Å². The first kappa shape index (κ1) is 33.2. The maximum atomic E-state index is 6.94. The van der Waals surface area contributed by atoms with Gasteiger partial charge in [0.1, 0.15) is 5.52 Å². The van der Waals surface area contributed by atoms with Gasteiger partial charge >= 0.3 is 0 Å². The molecule has 0 bridgehead atoms. The van der Waals surface area contributed by atoms with Crippen molar-refractivity contribution >= 4 is 82.3 Å². The summed E-state index contributed by atoms with van der Waals surface area (Å²) in [6, 6.07) is 75.7. The van der Waals surface area contributed by atoms with E-state index in [1.54, 1.807) is 0 Å². The molecule has 0 aliphatic carbocycles. The monoisotopic (exact) mass is 753 g/mol. The summed E-state index contributed by atoms with van der Waals surface area (Å²) in [6.07, 6.45) is 0. The molecule has 0 aliphatic heterocycles. The summed E-state index contributed by atoms with van der Waals surface area (Å²) in [5, 5.41) is 9.30. The Bertz CT molecular complexity index is 3570. The van der Waals surface area contributed by atoms with Gasteiger partial charge in [-0.15, -0.1) is 0 Å². The lowest BCUT2D eigenvalue weighted by molar-refractivity contribution is 0.620. The second kappa shape index (κ2) is 13.3. The maximum absolute atomic E-state index is 6.94. The van der Waals surface area contributed by atoms with Gasteiger partial charge < -0.3 is 13.9 Å². The first-order valence-electron chi connectivity index (χ1n) is 20.0. The van der Waals surface area contributed by atoms with E-state index in [1.165, 1.54) is 38.2 Å². The first-order valence-corrected chi connectivity index (χ1v) is 20.0. The molecule has 0 fully saturated rings. The lowest BCUT2D eigenvalue weighted by Crippen LogP contribution is -2.12. The summed E-state index contributed by atoms with van der Waals surface area (Å²) >= 11 is 0. The number of benzene rings is 10. The Balaban J connectivity index is 1.18. The van der Waals surface area contributed by atoms with Crippen molar-refractivity contribution in [3.05, 3.63) is 212 Å². The highest BCUT2D eigenvalue weighted by Crippen LogP contribution is 2.49. The van der Waals surface area contributed by atoms with Crippen molar-refractivity contribution in [1.82, 2.24) is 9.55 Å². The summed E-state index contributed by atoms with van der Waals surface area (Å²) in [6.45, 7) is 0. The zero-order valence-electron chi connectivity index (χ0n) is 32.0. The van der Waals surface area contributed by atoms with Gasteiger partial charge in [-0.25, -0.2) is 4.98 Å². The lowest BCUT2D eigenvalue weighted by Gasteiger charge is -2.29. The molecule has 12 rings (SSSR count). The van der Waals surface area contributed by atoms with Gasteiger partial charge in [0, 0.05) is 38.2 Å². The maximum Gasteiger partial charge on any atom is 0.227 e. The first-order chi connectivity index (χ1) is 29.3. The standard InChI is InChI=1S/C55H35N3O/c1-3-17-37(18-4-1)41-32-33-50(43-23-10-9-22-42(41)43)58(51-29-15-27-48-54(51)59-55(56-48)39-31-30-36-16-7-8-19-38(36)34-39)52-35-47-45-25-13-14-28-49(45)57(40-20-5-2-6-21-40)53(47)46-26-12-11-24-44(46)52/h1-35H. The molecule has 10 aromatic carbocycles. The highest BCUT2D eigenvalue weighted by Gasteiger charge is 2.26. The second-order valence-electron chi connectivity index (χ2n) is 15.1. The van der Waals surface area contributed by atoms with E-state index in [2.05, 4.69) is 222 Å². The number of rotatable bonds is 6. The quantitative estimate of drug-likeness (QED) is 0.170. The highest BCUT2D eigenvalue weighted by atomic mass is 16.3. The molecule has 59 heavy (non-hydrogen) atoms. The number of nitrogens with zero attached hydrogens (tertiary/aromatic N) is 3. The minimum Gasteiger partial charge on any atom is -0.434 e. The van der Waals surface area contributed by atoms with Gasteiger partial charge in [0.2, 0.25) is 5.89 Å². The molecule has 2 heterocycles. The lowest BCUT2D eigenvalue weighted by atomic mass is 9.95. The van der Waals surface area contributed by atoms with Crippen molar-refractivity contribution in [3.63, 3.8) is 0 Å². The third-order valence-electron chi connectivity index (χ3n) is 11.8.